The van der Waals surface area contributed by atoms with Gasteiger partial charge in [-0.2, -0.15) is 0 Å². The Hall–Kier alpha value is -2.58. The van der Waals surface area contributed by atoms with Crippen molar-refractivity contribution in [3.63, 3.8) is 0 Å². The number of thioether (sulfide) groups is 1. The third kappa shape index (κ3) is 4.81. The van der Waals surface area contributed by atoms with Gasteiger partial charge in [-0.25, -0.2) is 0 Å². The minimum Gasteiger partial charge on any atom is -0.394 e. The van der Waals surface area contributed by atoms with Gasteiger partial charge in [-0.3, -0.25) is 14.4 Å². The summed E-state index contributed by atoms with van der Waals surface area (Å²) >= 11 is 1.66. The Bertz CT molecular complexity index is 1150. The molecule has 3 heterocycles. The molecule has 218 valence electrons. The number of hydrogen-bond acceptors (Lipinski definition) is 5. The molecule has 0 aliphatic carbocycles. The Morgan fingerprint density at radius 1 is 1.15 bits per heavy atom. The molecule has 3 aliphatic rings. The van der Waals surface area contributed by atoms with Crippen molar-refractivity contribution in [2.75, 3.05) is 26.2 Å². The zero-order chi connectivity index (χ0) is 29.5. The molecule has 3 saturated heterocycles. The fraction of sp³-hybridized carbons (Fsp3) is 0.594. The highest BCUT2D eigenvalue weighted by atomic mass is 32.2. The number of nitrogens with zero attached hydrogens (tertiary/aromatic N) is 3. The van der Waals surface area contributed by atoms with Crippen LogP contribution in [-0.4, -0.2) is 84.8 Å². The second kappa shape index (κ2) is 11.4. The summed E-state index contributed by atoms with van der Waals surface area (Å²) in [6.07, 6.45) is 5.65. The number of fused-ring (bicyclic) bond motifs is 1. The van der Waals surface area contributed by atoms with Gasteiger partial charge in [-0.05, 0) is 52.5 Å². The van der Waals surface area contributed by atoms with Crippen molar-refractivity contribution < 1.29 is 19.5 Å². The summed E-state index contributed by atoms with van der Waals surface area (Å²) in [4.78, 5) is 48.9. The average molecular weight is 568 g/mol. The van der Waals surface area contributed by atoms with Crippen molar-refractivity contribution in [2.24, 2.45) is 11.8 Å². The summed E-state index contributed by atoms with van der Waals surface area (Å²) in [5, 5.41) is 10.7. The third-order valence-electron chi connectivity index (χ3n) is 8.95. The van der Waals surface area contributed by atoms with Crippen molar-refractivity contribution in [1.29, 1.82) is 0 Å². The smallest absolute Gasteiger partial charge is 0.247 e. The standard InChI is InChI=1S/C32H45N3O4S/c1-8-18-33(19-9-2)27(37)24-25-28(38)35(23(21-36)22-14-12-11-13-15-22)26(32(25)17-16-31(24,7)40-32)29(39)34(20-10-3)30(4,5)6/h8,10-15,23-26,36H,1,3,9,16-21H2,2,4-7H3/t23-,24+,25+,26?,31-,32?/m1/s1. The van der Waals surface area contributed by atoms with Gasteiger partial charge in [0.05, 0.1) is 29.2 Å². The molecule has 0 radical (unpaired) electrons. The van der Waals surface area contributed by atoms with E-state index in [1.165, 1.54) is 0 Å². The Morgan fingerprint density at radius 3 is 2.35 bits per heavy atom. The van der Waals surface area contributed by atoms with Crippen LogP contribution in [0.5, 0.6) is 0 Å². The minimum atomic E-state index is -0.815. The summed E-state index contributed by atoms with van der Waals surface area (Å²) < 4.78 is -1.22. The highest BCUT2D eigenvalue weighted by Crippen LogP contribution is 2.72. The van der Waals surface area contributed by atoms with E-state index in [4.69, 9.17) is 0 Å². The predicted molar refractivity (Wildman–Crippen MR) is 161 cm³/mol. The van der Waals surface area contributed by atoms with Crippen LogP contribution in [0.4, 0.5) is 0 Å². The maximum Gasteiger partial charge on any atom is 0.247 e. The molecule has 3 fully saturated rings. The fourth-order valence-electron chi connectivity index (χ4n) is 7.27. The molecule has 1 N–H and O–H groups in total. The molecule has 7 nitrogen and oxygen atoms in total. The average Bonchev–Trinajstić information content (AvgIpc) is 3.48. The Morgan fingerprint density at radius 2 is 1.80 bits per heavy atom. The van der Waals surface area contributed by atoms with Crippen molar-refractivity contribution in [2.45, 2.75) is 81.0 Å². The van der Waals surface area contributed by atoms with E-state index in [1.807, 2.05) is 62.9 Å². The van der Waals surface area contributed by atoms with Crippen LogP contribution in [0.15, 0.2) is 55.6 Å². The molecule has 1 spiro atoms. The quantitative estimate of drug-likeness (QED) is 0.400. The molecule has 4 rings (SSSR count). The maximum absolute atomic E-state index is 14.7. The molecule has 8 heteroatoms. The van der Waals surface area contributed by atoms with Gasteiger partial charge in [-0.15, -0.1) is 24.9 Å². The van der Waals surface area contributed by atoms with Crippen molar-refractivity contribution in [3.8, 4) is 0 Å². The summed E-state index contributed by atoms with van der Waals surface area (Å²) in [6, 6.07) is 7.89. The number of likely N-dealkylation sites (tertiary alicyclic amines) is 1. The van der Waals surface area contributed by atoms with Gasteiger partial charge in [0, 0.05) is 29.9 Å². The van der Waals surface area contributed by atoms with Gasteiger partial charge in [0.1, 0.15) is 6.04 Å². The Kier molecular flexibility index (Phi) is 8.63. The number of hydrogen-bond donors (Lipinski definition) is 1. The highest BCUT2D eigenvalue weighted by Gasteiger charge is 2.78. The van der Waals surface area contributed by atoms with E-state index in [9.17, 15) is 19.5 Å². The lowest BCUT2D eigenvalue weighted by molar-refractivity contribution is -0.149. The first-order valence-electron chi connectivity index (χ1n) is 14.4. The summed E-state index contributed by atoms with van der Waals surface area (Å²) in [6.45, 7) is 18.8. The van der Waals surface area contributed by atoms with E-state index in [2.05, 4.69) is 20.1 Å². The molecule has 1 aromatic carbocycles. The van der Waals surface area contributed by atoms with Crippen LogP contribution in [0, 0.1) is 11.8 Å². The summed E-state index contributed by atoms with van der Waals surface area (Å²) in [7, 11) is 0. The lowest BCUT2D eigenvalue weighted by Gasteiger charge is -2.43. The molecule has 2 unspecified atom stereocenters. The molecule has 6 atom stereocenters. The lowest BCUT2D eigenvalue weighted by Crippen LogP contribution is -2.59. The van der Waals surface area contributed by atoms with Crippen LogP contribution >= 0.6 is 11.8 Å². The number of carbonyl (C=O) groups excluding carboxylic acids is 3. The molecule has 2 bridgehead atoms. The zero-order valence-electron chi connectivity index (χ0n) is 24.6. The van der Waals surface area contributed by atoms with Crippen molar-refractivity contribution in [3.05, 3.63) is 61.2 Å². The van der Waals surface area contributed by atoms with E-state index in [0.29, 0.717) is 26.1 Å². The Labute approximate surface area is 243 Å². The van der Waals surface area contributed by atoms with Crippen LogP contribution < -0.4 is 0 Å². The van der Waals surface area contributed by atoms with Crippen molar-refractivity contribution in [1.82, 2.24) is 14.7 Å². The van der Waals surface area contributed by atoms with Gasteiger partial charge in [0.15, 0.2) is 0 Å². The zero-order valence-corrected chi connectivity index (χ0v) is 25.5. The first-order valence-corrected chi connectivity index (χ1v) is 15.2. The number of carbonyl (C=O) groups is 3. The van der Waals surface area contributed by atoms with Gasteiger partial charge in [0.25, 0.3) is 0 Å². The van der Waals surface area contributed by atoms with Gasteiger partial charge in [-0.1, -0.05) is 49.4 Å². The first-order chi connectivity index (χ1) is 18.9. The Balaban J connectivity index is 1.89. The van der Waals surface area contributed by atoms with Gasteiger partial charge < -0.3 is 19.8 Å². The normalized spacial score (nSPS) is 29.7. The molecule has 40 heavy (non-hydrogen) atoms. The third-order valence-corrected chi connectivity index (χ3v) is 10.9. The summed E-state index contributed by atoms with van der Waals surface area (Å²) in [5.74, 6) is -1.60. The molecule has 3 amide bonds. The van der Waals surface area contributed by atoms with Crippen LogP contribution in [-0.2, 0) is 14.4 Å². The monoisotopic (exact) mass is 567 g/mol. The van der Waals surface area contributed by atoms with Gasteiger partial charge in [0.2, 0.25) is 17.7 Å². The molecule has 0 aromatic heterocycles. The topological polar surface area (TPSA) is 81.2 Å². The van der Waals surface area contributed by atoms with Crippen LogP contribution in [0.1, 0.15) is 65.5 Å². The van der Waals surface area contributed by atoms with E-state index in [-0.39, 0.29) is 24.3 Å². The number of aliphatic hydroxyl groups excluding tert-OH is 1. The summed E-state index contributed by atoms with van der Waals surface area (Å²) in [5.41, 5.74) is 0.254. The van der Waals surface area contributed by atoms with E-state index < -0.39 is 39.0 Å². The van der Waals surface area contributed by atoms with Crippen LogP contribution in [0.3, 0.4) is 0 Å². The SMILES string of the molecule is C=CCN(CCC)C(=O)[C@@H]1[C@H]2C(=O)N([C@H](CO)c3ccccc3)C(C(=O)N(CC=C)C(C)(C)C)C23CC[C@@]1(C)S3. The lowest BCUT2D eigenvalue weighted by atomic mass is 9.66. The fourth-order valence-corrected chi connectivity index (χ4v) is 9.60. The maximum atomic E-state index is 14.7. The number of amides is 3. The number of rotatable bonds is 11. The first kappa shape index (κ1) is 30.4. The second-order valence-corrected chi connectivity index (χ2v) is 14.5. The van der Waals surface area contributed by atoms with Crippen LogP contribution in [0.25, 0.3) is 0 Å². The number of aliphatic hydroxyl groups is 1. The molecule has 3 aliphatic heterocycles. The largest absolute Gasteiger partial charge is 0.394 e. The second-order valence-electron chi connectivity index (χ2n) is 12.6. The van der Waals surface area contributed by atoms with E-state index >= 15 is 0 Å². The van der Waals surface area contributed by atoms with Crippen molar-refractivity contribution >= 4 is 29.5 Å². The minimum absolute atomic E-state index is 0.0382. The predicted octanol–water partition coefficient (Wildman–Crippen LogP) is 4.44. The molecule has 0 saturated carbocycles. The highest BCUT2D eigenvalue weighted by molar-refractivity contribution is 8.02. The van der Waals surface area contributed by atoms with E-state index in [0.717, 1.165) is 18.4 Å². The molecule has 1 aromatic rings. The van der Waals surface area contributed by atoms with Crippen LogP contribution in [0.2, 0.25) is 0 Å². The van der Waals surface area contributed by atoms with E-state index in [1.54, 1.807) is 33.7 Å². The number of benzene rings is 1. The molecular weight excluding hydrogens is 522 g/mol. The van der Waals surface area contributed by atoms with Gasteiger partial charge >= 0.3 is 0 Å². The molecular formula is C32H45N3O4S.